The second kappa shape index (κ2) is 20.3. The molecule has 3 rings (SSSR count). The first-order valence-electron chi connectivity index (χ1n) is 16.9. The molecule has 0 aromatic heterocycles. The fourth-order valence-corrected chi connectivity index (χ4v) is 5.70. The molecule has 45 heavy (non-hydrogen) atoms. The summed E-state index contributed by atoms with van der Waals surface area (Å²) < 4.78 is 17.0. The van der Waals surface area contributed by atoms with Crippen molar-refractivity contribution in [2.75, 3.05) is 26.2 Å². The molecule has 1 aliphatic rings. The Morgan fingerprint density at radius 2 is 1.51 bits per heavy atom. The molecule has 0 saturated carbocycles. The largest absolute Gasteiger partial charge is 0.465 e. The number of piperidine rings is 1. The molecular formula is C36H52N2O7. The van der Waals surface area contributed by atoms with Gasteiger partial charge >= 0.3 is 18.2 Å². The molecule has 1 atom stereocenters. The number of rotatable bonds is 19. The van der Waals surface area contributed by atoms with Crippen molar-refractivity contribution in [2.45, 2.75) is 103 Å². The highest BCUT2D eigenvalue weighted by molar-refractivity contribution is 5.72. The predicted octanol–water partition coefficient (Wildman–Crippen LogP) is 8.91. The third-order valence-electron chi connectivity index (χ3n) is 8.42. The van der Waals surface area contributed by atoms with E-state index < -0.39 is 12.2 Å². The Labute approximate surface area is 268 Å². The van der Waals surface area contributed by atoms with E-state index in [9.17, 15) is 19.5 Å². The highest BCUT2D eigenvalue weighted by atomic mass is 16.6. The van der Waals surface area contributed by atoms with Gasteiger partial charge in [0.1, 0.15) is 17.2 Å². The van der Waals surface area contributed by atoms with Gasteiger partial charge in [0.15, 0.2) is 0 Å². The number of carbonyl (C=O) groups excluding carboxylic acids is 2. The number of unbranched alkanes of at least 4 members (excludes halogenated alkanes) is 7. The zero-order valence-electron chi connectivity index (χ0n) is 27.2. The van der Waals surface area contributed by atoms with E-state index in [0.29, 0.717) is 56.3 Å². The highest BCUT2D eigenvalue weighted by Crippen LogP contribution is 2.26. The van der Waals surface area contributed by atoms with Gasteiger partial charge in [0.25, 0.3) is 0 Å². The van der Waals surface area contributed by atoms with E-state index >= 15 is 0 Å². The van der Waals surface area contributed by atoms with Crippen molar-refractivity contribution in [3.05, 3.63) is 54.6 Å². The number of carbonyl (C=O) groups is 3. The van der Waals surface area contributed by atoms with Crippen LogP contribution in [0.1, 0.15) is 97.3 Å². The average molecular weight is 625 g/mol. The van der Waals surface area contributed by atoms with Gasteiger partial charge in [-0.2, -0.15) is 0 Å². The molecule has 9 nitrogen and oxygen atoms in total. The number of amides is 2. The number of esters is 1. The summed E-state index contributed by atoms with van der Waals surface area (Å²) >= 11 is 0. The van der Waals surface area contributed by atoms with Crippen LogP contribution in [0.3, 0.4) is 0 Å². The van der Waals surface area contributed by atoms with E-state index in [1.54, 1.807) is 29.2 Å². The van der Waals surface area contributed by atoms with Crippen LogP contribution in [0.2, 0.25) is 0 Å². The molecule has 0 aliphatic carbocycles. The molecule has 1 heterocycles. The van der Waals surface area contributed by atoms with Crippen molar-refractivity contribution in [2.24, 2.45) is 5.92 Å². The van der Waals surface area contributed by atoms with Crippen molar-refractivity contribution in [1.82, 2.24) is 9.80 Å². The maximum absolute atomic E-state index is 12.8. The summed E-state index contributed by atoms with van der Waals surface area (Å²) in [6, 6.07) is 16.2. The Morgan fingerprint density at radius 1 is 0.844 bits per heavy atom. The number of benzene rings is 2. The minimum absolute atomic E-state index is 0.00486. The van der Waals surface area contributed by atoms with E-state index in [4.69, 9.17) is 14.2 Å². The Hall–Kier alpha value is -3.75. The average Bonchev–Trinajstić information content (AvgIpc) is 3.04. The third kappa shape index (κ3) is 13.0. The van der Waals surface area contributed by atoms with Crippen molar-refractivity contribution < 1.29 is 33.7 Å². The second-order valence-electron chi connectivity index (χ2n) is 11.8. The minimum atomic E-state index is -0.930. The van der Waals surface area contributed by atoms with Crippen molar-refractivity contribution in [3.63, 3.8) is 0 Å². The van der Waals surface area contributed by atoms with Crippen LogP contribution >= 0.6 is 0 Å². The van der Waals surface area contributed by atoms with E-state index in [2.05, 4.69) is 6.92 Å². The normalized spacial score (nSPS) is 14.0. The van der Waals surface area contributed by atoms with Crippen LogP contribution in [0.25, 0.3) is 0 Å². The van der Waals surface area contributed by atoms with Crippen LogP contribution < -0.4 is 9.47 Å². The van der Waals surface area contributed by atoms with Crippen molar-refractivity contribution in [1.29, 1.82) is 0 Å². The van der Waals surface area contributed by atoms with Crippen molar-refractivity contribution in [3.8, 4) is 17.2 Å². The maximum atomic E-state index is 12.8. The fourth-order valence-electron chi connectivity index (χ4n) is 5.70. The second-order valence-corrected chi connectivity index (χ2v) is 11.8. The zero-order chi connectivity index (χ0) is 32.3. The molecular weight excluding hydrogens is 572 g/mol. The SMILES string of the molecule is CCCCCCCC(CC)C(=O)OCCCCCCN(C(=O)O)C1CCN(C(=O)Oc2cccc(Oc3ccccc3)c2)CC1. The molecule has 0 spiro atoms. The summed E-state index contributed by atoms with van der Waals surface area (Å²) in [5.74, 6) is 1.56. The number of nitrogens with zero attached hydrogens (tertiary/aromatic N) is 2. The maximum Gasteiger partial charge on any atom is 0.415 e. The molecule has 2 aromatic rings. The summed E-state index contributed by atoms with van der Waals surface area (Å²) in [5, 5.41) is 9.86. The highest BCUT2D eigenvalue weighted by Gasteiger charge is 2.30. The van der Waals surface area contributed by atoms with Crippen molar-refractivity contribution >= 4 is 18.2 Å². The molecule has 9 heteroatoms. The van der Waals surface area contributed by atoms with Crippen LogP contribution in [0.4, 0.5) is 9.59 Å². The van der Waals surface area contributed by atoms with Gasteiger partial charge in [-0.3, -0.25) is 4.79 Å². The molecule has 1 fully saturated rings. The molecule has 1 aliphatic heterocycles. The lowest BCUT2D eigenvalue weighted by Gasteiger charge is -2.36. The lowest BCUT2D eigenvalue weighted by Crippen LogP contribution is -2.49. The Morgan fingerprint density at radius 3 is 2.22 bits per heavy atom. The molecule has 0 radical (unpaired) electrons. The zero-order valence-corrected chi connectivity index (χ0v) is 27.2. The van der Waals surface area contributed by atoms with Crippen LogP contribution in [0.15, 0.2) is 54.6 Å². The number of hydrogen-bond acceptors (Lipinski definition) is 6. The molecule has 1 N–H and O–H groups in total. The smallest absolute Gasteiger partial charge is 0.415 e. The Bertz CT molecular complexity index is 1150. The molecule has 2 amide bonds. The summed E-state index contributed by atoms with van der Waals surface area (Å²) in [6.07, 6.45) is 10.7. The van der Waals surface area contributed by atoms with Crippen LogP contribution in [0.5, 0.6) is 17.2 Å². The minimum Gasteiger partial charge on any atom is -0.465 e. The molecule has 248 valence electrons. The Kier molecular flexibility index (Phi) is 16.1. The summed E-state index contributed by atoms with van der Waals surface area (Å²) in [7, 11) is 0. The Balaban J connectivity index is 1.31. The predicted molar refractivity (Wildman–Crippen MR) is 175 cm³/mol. The number of hydrogen-bond donors (Lipinski definition) is 1. The van der Waals surface area contributed by atoms with Gasteiger partial charge in [-0.25, -0.2) is 9.59 Å². The molecule has 2 aromatic carbocycles. The van der Waals surface area contributed by atoms with E-state index in [1.165, 1.54) is 30.6 Å². The van der Waals surface area contributed by atoms with Gasteiger partial charge in [0.05, 0.1) is 12.5 Å². The van der Waals surface area contributed by atoms with E-state index in [0.717, 1.165) is 44.9 Å². The lowest BCUT2D eigenvalue weighted by atomic mass is 9.98. The first-order chi connectivity index (χ1) is 21.9. The van der Waals surface area contributed by atoms with Crippen LogP contribution in [-0.2, 0) is 9.53 Å². The monoisotopic (exact) mass is 624 g/mol. The molecule has 0 bridgehead atoms. The third-order valence-corrected chi connectivity index (χ3v) is 8.42. The van der Waals surface area contributed by atoms with Gasteiger partial charge in [-0.1, -0.05) is 76.6 Å². The van der Waals surface area contributed by atoms with Crippen LogP contribution in [-0.4, -0.2) is 65.3 Å². The van der Waals surface area contributed by atoms with Gasteiger partial charge in [0.2, 0.25) is 0 Å². The number of carboxylic acid groups (broad SMARTS) is 1. The standard InChI is InChI=1S/C36H52N2O7/c1-3-5-6-7-11-17-29(4-2)34(39)43-27-15-9-8-14-24-38(35(40)41)30-22-25-37(26-23-30)36(42)45-33-21-16-20-32(28-33)44-31-18-12-10-13-19-31/h10,12-13,16,18-21,28-30H,3-9,11,14-15,17,22-27H2,1-2H3,(H,40,41). The number of likely N-dealkylation sites (tertiary alicyclic amines) is 1. The number of ether oxygens (including phenoxy) is 3. The summed E-state index contributed by atoms with van der Waals surface area (Å²) in [4.78, 5) is 40.4. The number of para-hydroxylation sites is 1. The quantitative estimate of drug-likeness (QED) is 0.123. The molecule has 1 saturated heterocycles. The van der Waals surface area contributed by atoms with Gasteiger partial charge in [-0.05, 0) is 69.2 Å². The topological polar surface area (TPSA) is 106 Å². The summed E-state index contributed by atoms with van der Waals surface area (Å²) in [6.45, 7) is 5.98. The molecule has 1 unspecified atom stereocenters. The fraction of sp³-hybridized carbons (Fsp3) is 0.583. The van der Waals surface area contributed by atoms with Crippen LogP contribution in [0, 0.1) is 5.92 Å². The van der Waals surface area contributed by atoms with Gasteiger partial charge in [-0.15, -0.1) is 0 Å². The van der Waals surface area contributed by atoms with E-state index in [1.807, 2.05) is 37.3 Å². The summed E-state index contributed by atoms with van der Waals surface area (Å²) in [5.41, 5.74) is 0. The van der Waals surface area contributed by atoms with E-state index in [-0.39, 0.29) is 17.9 Å². The van der Waals surface area contributed by atoms with Gasteiger partial charge in [0, 0.05) is 31.7 Å². The van der Waals surface area contributed by atoms with Gasteiger partial charge < -0.3 is 29.1 Å². The first-order valence-corrected chi connectivity index (χ1v) is 16.9. The first kappa shape index (κ1) is 35.7. The lowest BCUT2D eigenvalue weighted by molar-refractivity contribution is -0.149.